The molecule has 1 atom stereocenters. The maximum Gasteiger partial charge on any atom is 0.222 e. The van der Waals surface area contributed by atoms with Gasteiger partial charge in [-0.1, -0.05) is 30.7 Å². The number of rotatable bonds is 3. The van der Waals surface area contributed by atoms with Crippen molar-refractivity contribution in [2.45, 2.75) is 32.3 Å². The van der Waals surface area contributed by atoms with Gasteiger partial charge in [0.25, 0.3) is 0 Å². The topological polar surface area (TPSA) is 40.5 Å². The summed E-state index contributed by atoms with van der Waals surface area (Å²) in [7, 11) is 0. The Morgan fingerprint density at radius 3 is 2.47 bits per heavy atom. The molecule has 3 nitrogen and oxygen atoms in total. The normalized spacial score (nSPS) is 18.4. The van der Waals surface area contributed by atoms with Crippen LogP contribution < -0.4 is 0 Å². The van der Waals surface area contributed by atoms with Gasteiger partial charge >= 0.3 is 0 Å². The lowest BCUT2D eigenvalue weighted by molar-refractivity contribution is -0.132. The highest BCUT2D eigenvalue weighted by Gasteiger charge is 2.27. The second kappa shape index (κ2) is 6.40. The van der Waals surface area contributed by atoms with E-state index in [2.05, 4.69) is 0 Å². The first-order valence-corrected chi connectivity index (χ1v) is 7.21. The molecule has 1 aliphatic rings. The molecule has 1 amide bonds. The Morgan fingerprint density at radius 1 is 1.37 bits per heavy atom. The molecule has 1 unspecified atom stereocenters. The quantitative estimate of drug-likeness (QED) is 0.925. The number of benzene rings is 1. The Kier molecular flexibility index (Phi) is 4.83. The molecule has 1 saturated heterocycles. The van der Waals surface area contributed by atoms with Gasteiger partial charge in [0.05, 0.1) is 6.10 Å². The molecule has 0 bridgehead atoms. The van der Waals surface area contributed by atoms with Crippen molar-refractivity contribution in [3.63, 3.8) is 0 Å². The monoisotopic (exact) mass is 281 g/mol. The Bertz CT molecular complexity index is 424. The van der Waals surface area contributed by atoms with Crippen molar-refractivity contribution in [3.8, 4) is 0 Å². The zero-order valence-corrected chi connectivity index (χ0v) is 11.9. The number of nitrogens with zero attached hydrogens (tertiary/aromatic N) is 1. The number of hydrogen-bond donors (Lipinski definition) is 1. The third-order valence-corrected chi connectivity index (χ3v) is 4.10. The van der Waals surface area contributed by atoms with Gasteiger partial charge in [-0.25, -0.2) is 0 Å². The molecule has 0 aliphatic carbocycles. The molecule has 0 aromatic heterocycles. The van der Waals surface area contributed by atoms with E-state index in [0.29, 0.717) is 11.4 Å². The van der Waals surface area contributed by atoms with Crippen molar-refractivity contribution >= 4 is 17.5 Å². The zero-order valence-electron chi connectivity index (χ0n) is 11.2. The third-order valence-electron chi connectivity index (χ3n) is 3.85. The van der Waals surface area contributed by atoms with E-state index in [1.165, 1.54) is 0 Å². The number of carbonyl (C=O) groups excluding carboxylic acids is 1. The minimum absolute atomic E-state index is 0.208. The van der Waals surface area contributed by atoms with Crippen molar-refractivity contribution in [1.82, 2.24) is 4.90 Å². The molecule has 0 saturated carbocycles. The number of hydrogen-bond acceptors (Lipinski definition) is 2. The third kappa shape index (κ3) is 3.48. The van der Waals surface area contributed by atoms with Crippen LogP contribution in [0.1, 0.15) is 37.9 Å². The summed E-state index contributed by atoms with van der Waals surface area (Å²) in [6, 6.07) is 7.35. The molecule has 0 spiro atoms. The molecule has 4 heteroatoms. The summed E-state index contributed by atoms with van der Waals surface area (Å²) >= 11 is 5.85. The van der Waals surface area contributed by atoms with Gasteiger partial charge < -0.3 is 10.0 Å². The second-order valence-corrected chi connectivity index (χ2v) is 5.50. The van der Waals surface area contributed by atoms with Gasteiger partial charge in [0.1, 0.15) is 0 Å². The second-order valence-electron chi connectivity index (χ2n) is 5.07. The maximum atomic E-state index is 11.6. The van der Waals surface area contributed by atoms with Crippen LogP contribution in [0.3, 0.4) is 0 Å². The van der Waals surface area contributed by atoms with E-state index >= 15 is 0 Å². The van der Waals surface area contributed by atoms with E-state index in [9.17, 15) is 9.90 Å². The van der Waals surface area contributed by atoms with Crippen LogP contribution in [-0.4, -0.2) is 29.0 Å². The summed E-state index contributed by atoms with van der Waals surface area (Å²) in [6.45, 7) is 3.39. The lowest BCUT2D eigenvalue weighted by Crippen LogP contribution is -2.39. The van der Waals surface area contributed by atoms with Crippen LogP contribution in [0.15, 0.2) is 24.3 Å². The van der Waals surface area contributed by atoms with Gasteiger partial charge in [-0.3, -0.25) is 4.79 Å². The first-order chi connectivity index (χ1) is 9.11. The van der Waals surface area contributed by atoms with E-state index in [0.717, 1.165) is 31.5 Å². The molecular weight excluding hydrogens is 262 g/mol. The predicted octanol–water partition coefficient (Wildman–Crippen LogP) is 3.02. The fraction of sp³-hybridized carbons (Fsp3) is 0.533. The standard InChI is InChI=1S/C15H20ClNO2/c1-2-14(18)17-9-7-12(8-10-17)15(19)11-3-5-13(16)6-4-11/h3-6,12,15,19H,2,7-10H2,1H3. The van der Waals surface area contributed by atoms with Crippen LogP contribution in [0.2, 0.25) is 5.02 Å². The molecule has 19 heavy (non-hydrogen) atoms. The molecule has 2 rings (SSSR count). The van der Waals surface area contributed by atoms with Crippen molar-refractivity contribution < 1.29 is 9.90 Å². The van der Waals surface area contributed by atoms with Gasteiger partial charge in [0.15, 0.2) is 0 Å². The van der Waals surface area contributed by atoms with Gasteiger partial charge in [0, 0.05) is 24.5 Å². The van der Waals surface area contributed by atoms with Crippen LogP contribution in [0.4, 0.5) is 0 Å². The van der Waals surface area contributed by atoms with Gasteiger partial charge in [-0.05, 0) is 36.5 Å². The number of carbonyl (C=O) groups is 1. The minimum atomic E-state index is -0.462. The molecule has 104 valence electrons. The van der Waals surface area contributed by atoms with Crippen molar-refractivity contribution in [2.24, 2.45) is 5.92 Å². The molecular formula is C15H20ClNO2. The van der Waals surface area contributed by atoms with Crippen LogP contribution in [0, 0.1) is 5.92 Å². The Hall–Kier alpha value is -1.06. The SMILES string of the molecule is CCC(=O)N1CCC(C(O)c2ccc(Cl)cc2)CC1. The number of aliphatic hydroxyl groups excluding tert-OH is 1. The summed E-state index contributed by atoms with van der Waals surface area (Å²) in [5, 5.41) is 11.1. The fourth-order valence-corrected chi connectivity index (χ4v) is 2.75. The summed E-state index contributed by atoms with van der Waals surface area (Å²) in [6.07, 6.45) is 1.81. The van der Waals surface area contributed by atoms with Gasteiger partial charge in [-0.15, -0.1) is 0 Å². The lowest BCUT2D eigenvalue weighted by atomic mass is 9.87. The fourth-order valence-electron chi connectivity index (χ4n) is 2.62. The van der Waals surface area contributed by atoms with Crippen LogP contribution >= 0.6 is 11.6 Å². The number of likely N-dealkylation sites (tertiary alicyclic amines) is 1. The Balaban J connectivity index is 1.94. The van der Waals surface area contributed by atoms with E-state index in [1.807, 2.05) is 24.0 Å². The van der Waals surface area contributed by atoms with Crippen LogP contribution in [0.5, 0.6) is 0 Å². The lowest BCUT2D eigenvalue weighted by Gasteiger charge is -2.34. The average Bonchev–Trinajstić information content (AvgIpc) is 2.46. The first-order valence-electron chi connectivity index (χ1n) is 6.83. The smallest absolute Gasteiger partial charge is 0.222 e. The molecule has 1 aliphatic heterocycles. The van der Waals surface area contributed by atoms with Crippen molar-refractivity contribution in [1.29, 1.82) is 0 Å². The van der Waals surface area contributed by atoms with Crippen molar-refractivity contribution in [2.75, 3.05) is 13.1 Å². The molecule has 0 radical (unpaired) electrons. The molecule has 1 N–H and O–H groups in total. The van der Waals surface area contributed by atoms with E-state index in [-0.39, 0.29) is 11.8 Å². The largest absolute Gasteiger partial charge is 0.388 e. The minimum Gasteiger partial charge on any atom is -0.388 e. The molecule has 1 heterocycles. The zero-order chi connectivity index (χ0) is 13.8. The highest BCUT2D eigenvalue weighted by atomic mass is 35.5. The predicted molar refractivity (Wildman–Crippen MR) is 76.0 cm³/mol. The van der Waals surface area contributed by atoms with Crippen molar-refractivity contribution in [3.05, 3.63) is 34.9 Å². The average molecular weight is 282 g/mol. The summed E-state index contributed by atoms with van der Waals surface area (Å²) in [5.74, 6) is 0.432. The maximum absolute atomic E-state index is 11.6. The van der Waals surface area contributed by atoms with E-state index in [4.69, 9.17) is 11.6 Å². The summed E-state index contributed by atoms with van der Waals surface area (Å²) < 4.78 is 0. The number of halogens is 1. The highest BCUT2D eigenvalue weighted by Crippen LogP contribution is 2.31. The first kappa shape index (κ1) is 14.4. The highest BCUT2D eigenvalue weighted by molar-refractivity contribution is 6.30. The molecule has 1 aromatic rings. The number of amides is 1. The Morgan fingerprint density at radius 2 is 1.95 bits per heavy atom. The Labute approximate surface area is 119 Å². The molecule has 1 aromatic carbocycles. The van der Waals surface area contributed by atoms with E-state index < -0.39 is 6.10 Å². The summed E-state index contributed by atoms with van der Waals surface area (Å²) in [4.78, 5) is 13.5. The van der Waals surface area contributed by atoms with Gasteiger partial charge in [0.2, 0.25) is 5.91 Å². The summed E-state index contributed by atoms with van der Waals surface area (Å²) in [5.41, 5.74) is 0.907. The number of aliphatic hydroxyl groups is 1. The molecule has 1 fully saturated rings. The van der Waals surface area contributed by atoms with Crippen LogP contribution in [0.25, 0.3) is 0 Å². The van der Waals surface area contributed by atoms with Gasteiger partial charge in [-0.2, -0.15) is 0 Å². The van der Waals surface area contributed by atoms with Crippen LogP contribution in [-0.2, 0) is 4.79 Å². The van der Waals surface area contributed by atoms with E-state index in [1.54, 1.807) is 12.1 Å². The number of piperidine rings is 1.